The Morgan fingerprint density at radius 3 is 2.74 bits per heavy atom. The first kappa shape index (κ1) is 12.8. The molecule has 104 valence electrons. The molecule has 2 aliphatic heterocycles. The zero-order chi connectivity index (χ0) is 13.1. The van der Waals surface area contributed by atoms with Gasteiger partial charge in [0.2, 0.25) is 6.79 Å². The van der Waals surface area contributed by atoms with Gasteiger partial charge in [-0.15, -0.1) is 0 Å². The fourth-order valence-corrected chi connectivity index (χ4v) is 2.93. The van der Waals surface area contributed by atoms with Gasteiger partial charge in [0.15, 0.2) is 11.5 Å². The Hall–Kier alpha value is -1.26. The fourth-order valence-electron chi connectivity index (χ4n) is 2.93. The van der Waals surface area contributed by atoms with Gasteiger partial charge in [-0.2, -0.15) is 0 Å². The number of benzene rings is 1. The molecule has 19 heavy (non-hydrogen) atoms. The van der Waals surface area contributed by atoms with Crippen LogP contribution in [0.25, 0.3) is 0 Å². The number of hydrogen-bond donors (Lipinski definition) is 2. The Balaban J connectivity index is 1.56. The Morgan fingerprint density at radius 1 is 1.11 bits per heavy atom. The number of aliphatic hydroxyl groups is 1. The van der Waals surface area contributed by atoms with Crippen LogP contribution in [0.2, 0.25) is 0 Å². The largest absolute Gasteiger partial charge is 0.454 e. The molecule has 0 aliphatic carbocycles. The molecule has 0 aromatic heterocycles. The van der Waals surface area contributed by atoms with Gasteiger partial charge in [-0.3, -0.25) is 0 Å². The van der Waals surface area contributed by atoms with Gasteiger partial charge in [-0.1, -0.05) is 6.07 Å². The molecule has 2 aliphatic rings. The Bertz CT molecular complexity index is 429. The molecule has 4 heteroatoms. The van der Waals surface area contributed by atoms with E-state index in [9.17, 15) is 5.11 Å². The van der Waals surface area contributed by atoms with Crippen LogP contribution in [-0.4, -0.2) is 31.5 Å². The third kappa shape index (κ3) is 3.01. The Kier molecular flexibility index (Phi) is 3.89. The molecule has 0 radical (unpaired) electrons. The van der Waals surface area contributed by atoms with Crippen LogP contribution in [0.1, 0.15) is 37.4 Å². The van der Waals surface area contributed by atoms with Crippen LogP contribution >= 0.6 is 0 Å². The molecule has 1 saturated heterocycles. The topological polar surface area (TPSA) is 43.1 Å². The van der Waals surface area contributed by atoms with E-state index in [0.717, 1.165) is 30.0 Å². The second kappa shape index (κ2) is 5.80. The van der Waals surface area contributed by atoms with Gasteiger partial charge in [0.05, 0.1) is 25.7 Å². The first-order valence-corrected chi connectivity index (χ1v) is 7.24. The quantitative estimate of drug-likeness (QED) is 0.849. The standard InChI is InChI=1S/C15H21NO3/c17-13(6-9-16-7-2-1-3-8-16)12-4-5-14-15(10-12)19-11-18-14/h4-5,10,13,17H,1-3,6-9,11H2/p+1. The summed E-state index contributed by atoms with van der Waals surface area (Å²) in [6.45, 7) is 3.85. The molecule has 1 atom stereocenters. The van der Waals surface area contributed by atoms with E-state index in [1.165, 1.54) is 32.4 Å². The summed E-state index contributed by atoms with van der Waals surface area (Å²) in [5.41, 5.74) is 0.931. The molecule has 1 aromatic rings. The number of hydrogen-bond acceptors (Lipinski definition) is 3. The Labute approximate surface area is 113 Å². The summed E-state index contributed by atoms with van der Waals surface area (Å²) < 4.78 is 10.6. The van der Waals surface area contributed by atoms with Crippen LogP contribution in [0.3, 0.4) is 0 Å². The lowest BCUT2D eigenvalue weighted by atomic mass is 10.0. The lowest BCUT2D eigenvalue weighted by molar-refractivity contribution is -0.905. The highest BCUT2D eigenvalue weighted by molar-refractivity contribution is 5.45. The molecule has 1 unspecified atom stereocenters. The number of quaternary nitrogens is 1. The molecule has 0 amide bonds. The van der Waals surface area contributed by atoms with Crippen LogP contribution in [-0.2, 0) is 0 Å². The number of likely N-dealkylation sites (tertiary alicyclic amines) is 1. The average molecular weight is 264 g/mol. The molecule has 4 nitrogen and oxygen atoms in total. The maximum absolute atomic E-state index is 10.3. The van der Waals surface area contributed by atoms with Crippen LogP contribution < -0.4 is 14.4 Å². The van der Waals surface area contributed by atoms with E-state index in [-0.39, 0.29) is 6.79 Å². The highest BCUT2D eigenvalue weighted by atomic mass is 16.7. The highest BCUT2D eigenvalue weighted by Crippen LogP contribution is 2.34. The minimum absolute atomic E-state index is 0.285. The highest BCUT2D eigenvalue weighted by Gasteiger charge is 2.19. The smallest absolute Gasteiger partial charge is 0.231 e. The molecule has 2 N–H and O–H groups in total. The van der Waals surface area contributed by atoms with E-state index in [4.69, 9.17) is 9.47 Å². The number of piperidine rings is 1. The van der Waals surface area contributed by atoms with Crippen molar-refractivity contribution >= 4 is 0 Å². The number of aliphatic hydroxyl groups excluding tert-OH is 1. The van der Waals surface area contributed by atoms with Gasteiger partial charge in [-0.25, -0.2) is 0 Å². The van der Waals surface area contributed by atoms with Crippen molar-refractivity contribution in [3.05, 3.63) is 23.8 Å². The van der Waals surface area contributed by atoms with E-state index in [0.29, 0.717) is 0 Å². The maximum Gasteiger partial charge on any atom is 0.231 e. The van der Waals surface area contributed by atoms with Crippen molar-refractivity contribution in [1.82, 2.24) is 0 Å². The SMILES string of the molecule is OC(CC[NH+]1CCCCC1)c1ccc2c(c1)OCO2. The first-order chi connectivity index (χ1) is 9.33. The monoisotopic (exact) mass is 264 g/mol. The predicted molar refractivity (Wildman–Crippen MR) is 71.6 cm³/mol. The van der Waals surface area contributed by atoms with Gasteiger partial charge in [0, 0.05) is 6.42 Å². The summed E-state index contributed by atoms with van der Waals surface area (Å²) in [6.07, 6.45) is 4.44. The van der Waals surface area contributed by atoms with Crippen molar-refractivity contribution in [3.63, 3.8) is 0 Å². The Morgan fingerprint density at radius 2 is 1.89 bits per heavy atom. The second-order valence-electron chi connectivity index (χ2n) is 5.48. The minimum Gasteiger partial charge on any atom is -0.454 e. The second-order valence-corrected chi connectivity index (χ2v) is 5.48. The lowest BCUT2D eigenvalue weighted by Crippen LogP contribution is -3.12. The van der Waals surface area contributed by atoms with Gasteiger partial charge >= 0.3 is 0 Å². The van der Waals surface area contributed by atoms with E-state index in [1.54, 1.807) is 4.90 Å². The average Bonchev–Trinajstić information content (AvgIpc) is 2.93. The molecule has 2 heterocycles. The summed E-state index contributed by atoms with van der Waals surface area (Å²) in [4.78, 5) is 1.63. The third-order valence-electron chi connectivity index (χ3n) is 4.11. The van der Waals surface area contributed by atoms with Crippen LogP contribution in [0.5, 0.6) is 11.5 Å². The lowest BCUT2D eigenvalue weighted by Gasteiger charge is -2.24. The normalized spacial score (nSPS) is 20.5. The molecular formula is C15H22NO3+. The van der Waals surface area contributed by atoms with Crippen molar-refractivity contribution in [2.45, 2.75) is 31.8 Å². The van der Waals surface area contributed by atoms with Crippen molar-refractivity contribution in [2.75, 3.05) is 26.4 Å². The number of rotatable bonds is 4. The van der Waals surface area contributed by atoms with E-state index < -0.39 is 6.10 Å². The third-order valence-corrected chi connectivity index (χ3v) is 4.11. The molecule has 0 spiro atoms. The molecular weight excluding hydrogens is 242 g/mol. The van der Waals surface area contributed by atoms with E-state index in [1.807, 2.05) is 18.2 Å². The van der Waals surface area contributed by atoms with Crippen LogP contribution in [0.4, 0.5) is 0 Å². The summed E-state index contributed by atoms with van der Waals surface area (Å²) in [5.74, 6) is 1.53. The summed E-state index contributed by atoms with van der Waals surface area (Å²) in [6, 6.07) is 5.72. The van der Waals surface area contributed by atoms with Gasteiger partial charge in [0.25, 0.3) is 0 Å². The molecule has 0 saturated carbocycles. The number of ether oxygens (including phenoxy) is 2. The molecule has 3 rings (SSSR count). The van der Waals surface area contributed by atoms with E-state index in [2.05, 4.69) is 0 Å². The molecule has 0 bridgehead atoms. The van der Waals surface area contributed by atoms with Gasteiger partial charge in [0.1, 0.15) is 0 Å². The van der Waals surface area contributed by atoms with E-state index >= 15 is 0 Å². The zero-order valence-corrected chi connectivity index (χ0v) is 11.2. The minimum atomic E-state index is -0.399. The zero-order valence-electron chi connectivity index (χ0n) is 11.2. The summed E-state index contributed by atoms with van der Waals surface area (Å²) in [7, 11) is 0. The predicted octanol–water partition coefficient (Wildman–Crippen LogP) is 0.908. The molecule has 1 aromatic carbocycles. The summed E-state index contributed by atoms with van der Waals surface area (Å²) >= 11 is 0. The van der Waals surface area contributed by atoms with Crippen molar-refractivity contribution in [2.24, 2.45) is 0 Å². The number of fused-ring (bicyclic) bond motifs is 1. The number of nitrogens with one attached hydrogen (secondary N) is 1. The van der Waals surface area contributed by atoms with Gasteiger partial charge < -0.3 is 19.5 Å². The van der Waals surface area contributed by atoms with Crippen LogP contribution in [0, 0.1) is 0 Å². The van der Waals surface area contributed by atoms with Crippen molar-refractivity contribution < 1.29 is 19.5 Å². The van der Waals surface area contributed by atoms with Crippen molar-refractivity contribution in [3.8, 4) is 11.5 Å². The van der Waals surface area contributed by atoms with Crippen LogP contribution in [0.15, 0.2) is 18.2 Å². The fraction of sp³-hybridized carbons (Fsp3) is 0.600. The molecule has 1 fully saturated rings. The van der Waals surface area contributed by atoms with Crippen molar-refractivity contribution in [1.29, 1.82) is 0 Å². The maximum atomic E-state index is 10.3. The van der Waals surface area contributed by atoms with Gasteiger partial charge in [-0.05, 0) is 37.0 Å². The first-order valence-electron chi connectivity index (χ1n) is 7.24. The summed E-state index contributed by atoms with van der Waals surface area (Å²) in [5, 5.41) is 10.3.